The molecule has 0 aliphatic rings. The monoisotopic (exact) mass is 191 g/mol. The minimum atomic E-state index is -1.17. The Morgan fingerprint density at radius 2 is 2.56 bits per heavy atom. The summed E-state index contributed by atoms with van der Waals surface area (Å²) in [5, 5.41) is 8.22. The first kappa shape index (κ1) is 6.28. The molecule has 0 fully saturated rings. The minimum absolute atomic E-state index is 0.304. The van der Waals surface area contributed by atoms with E-state index in [1.165, 1.54) is 6.20 Å². The molecule has 5 heteroatoms. The third-order valence-corrected chi connectivity index (χ3v) is 1.03. The Labute approximate surface area is 58.6 Å². The third kappa shape index (κ3) is 1.29. The van der Waals surface area contributed by atoms with Crippen molar-refractivity contribution < 1.29 is 14.3 Å². The summed E-state index contributed by atoms with van der Waals surface area (Å²) in [6.07, 6.45) is 1.28. The van der Waals surface area contributed by atoms with Crippen LogP contribution in [0.2, 0.25) is 0 Å². The van der Waals surface area contributed by atoms with E-state index in [4.69, 9.17) is 5.11 Å². The number of aromatic nitrogens is 1. The maximum absolute atomic E-state index is 10.0. The number of halogens is 1. The predicted molar refractivity (Wildman–Crippen MR) is 31.2 cm³/mol. The van der Waals surface area contributed by atoms with Crippen molar-refractivity contribution in [2.75, 3.05) is 0 Å². The van der Waals surface area contributed by atoms with Gasteiger partial charge in [0.2, 0.25) is 0 Å². The van der Waals surface area contributed by atoms with Crippen LogP contribution in [0.15, 0.2) is 15.3 Å². The van der Waals surface area contributed by atoms with Crippen molar-refractivity contribution in [2.24, 2.45) is 0 Å². The van der Waals surface area contributed by atoms with Gasteiger partial charge in [0.1, 0.15) is 0 Å². The second-order valence-electron chi connectivity index (χ2n) is 1.27. The van der Waals surface area contributed by atoms with E-state index in [9.17, 15) is 4.79 Å². The van der Waals surface area contributed by atoms with Gasteiger partial charge in [-0.15, -0.1) is 0 Å². The molecule has 0 amide bonds. The Hall–Kier alpha value is -0.840. The molecule has 48 valence electrons. The lowest BCUT2D eigenvalue weighted by molar-refractivity contribution is 0.0652. The van der Waals surface area contributed by atoms with Gasteiger partial charge in [-0.05, 0) is 15.9 Å². The fourth-order valence-electron chi connectivity index (χ4n) is 0.353. The summed E-state index contributed by atoms with van der Waals surface area (Å²) in [6, 6.07) is 0. The molecule has 1 aromatic rings. The molecule has 0 aliphatic heterocycles. The van der Waals surface area contributed by atoms with Gasteiger partial charge in [0.25, 0.3) is 0 Å². The lowest BCUT2D eigenvalue weighted by Crippen LogP contribution is -1.94. The Kier molecular flexibility index (Phi) is 1.52. The largest absolute Gasteiger partial charge is 0.474 e. The van der Waals surface area contributed by atoms with E-state index in [0.29, 0.717) is 4.67 Å². The van der Waals surface area contributed by atoms with Crippen molar-refractivity contribution in [3.63, 3.8) is 0 Å². The molecule has 0 unspecified atom stereocenters. The van der Waals surface area contributed by atoms with Gasteiger partial charge in [0, 0.05) is 0 Å². The van der Waals surface area contributed by atoms with Crippen molar-refractivity contribution in [3.8, 4) is 0 Å². The van der Waals surface area contributed by atoms with Crippen LogP contribution < -0.4 is 0 Å². The fraction of sp³-hybridized carbons (Fsp3) is 0. The lowest BCUT2D eigenvalue weighted by Gasteiger charge is -1.78. The summed E-state index contributed by atoms with van der Waals surface area (Å²) in [6.45, 7) is 0. The van der Waals surface area contributed by atoms with Crippen molar-refractivity contribution in [1.29, 1.82) is 0 Å². The van der Waals surface area contributed by atoms with Crippen LogP contribution in [-0.4, -0.2) is 16.1 Å². The molecule has 0 spiro atoms. The van der Waals surface area contributed by atoms with E-state index in [1.807, 2.05) is 0 Å². The molecular weight excluding hydrogens is 190 g/mol. The molecule has 1 N–H and O–H groups in total. The van der Waals surface area contributed by atoms with E-state index in [0.717, 1.165) is 0 Å². The second kappa shape index (κ2) is 2.18. The highest BCUT2D eigenvalue weighted by molar-refractivity contribution is 9.10. The number of rotatable bonds is 1. The first-order valence-electron chi connectivity index (χ1n) is 2.05. The molecule has 1 rings (SSSR count). The highest BCUT2D eigenvalue weighted by Gasteiger charge is 2.08. The summed E-state index contributed by atoms with van der Waals surface area (Å²) in [5.41, 5.74) is 0. The Morgan fingerprint density at radius 3 is 2.78 bits per heavy atom. The highest BCUT2D eigenvalue weighted by atomic mass is 79.9. The summed E-state index contributed by atoms with van der Waals surface area (Å²) >= 11 is 2.91. The molecule has 0 saturated carbocycles. The quantitative estimate of drug-likeness (QED) is 0.724. The molecule has 0 saturated heterocycles. The molecule has 0 aromatic carbocycles. The maximum Gasteiger partial charge on any atom is 0.392 e. The molecule has 9 heavy (non-hydrogen) atoms. The Balaban J connectivity index is 2.98. The molecule has 0 atom stereocenters. The van der Waals surface area contributed by atoms with Crippen LogP contribution in [0.5, 0.6) is 0 Å². The van der Waals surface area contributed by atoms with E-state index in [1.54, 1.807) is 0 Å². The zero-order valence-corrected chi connectivity index (χ0v) is 5.75. The first-order chi connectivity index (χ1) is 4.20. The lowest BCUT2D eigenvalue weighted by atomic mass is 10.7. The van der Waals surface area contributed by atoms with Gasteiger partial charge in [-0.3, -0.25) is 0 Å². The van der Waals surface area contributed by atoms with Crippen LogP contribution in [0.25, 0.3) is 0 Å². The molecule has 0 bridgehead atoms. The van der Waals surface area contributed by atoms with Gasteiger partial charge in [0.15, 0.2) is 4.67 Å². The average Bonchev–Trinajstić information content (AvgIpc) is 2.14. The van der Waals surface area contributed by atoms with Crippen molar-refractivity contribution >= 4 is 21.9 Å². The number of hydrogen-bond donors (Lipinski definition) is 1. The number of oxazole rings is 1. The standard InChI is InChI=1S/C4H2BrNO3/c5-2-1-6-3(9-2)4(7)8/h1H,(H,7,8). The zero-order chi connectivity index (χ0) is 6.85. The van der Waals surface area contributed by atoms with Crippen LogP contribution in [0.1, 0.15) is 10.7 Å². The number of aromatic carboxylic acids is 1. The van der Waals surface area contributed by atoms with Crippen LogP contribution in [0.3, 0.4) is 0 Å². The third-order valence-electron chi connectivity index (χ3n) is 0.660. The fourth-order valence-corrected chi connectivity index (χ4v) is 0.609. The normalized spacial score (nSPS) is 9.44. The summed E-state index contributed by atoms with van der Waals surface area (Å²) in [7, 11) is 0. The van der Waals surface area contributed by atoms with Gasteiger partial charge < -0.3 is 9.52 Å². The molecule has 0 radical (unpaired) electrons. The summed E-state index contributed by atoms with van der Waals surface area (Å²) in [5.74, 6) is -1.47. The minimum Gasteiger partial charge on any atom is -0.474 e. The summed E-state index contributed by atoms with van der Waals surface area (Å²) < 4.78 is 4.87. The van der Waals surface area contributed by atoms with Gasteiger partial charge in [-0.25, -0.2) is 9.78 Å². The first-order valence-corrected chi connectivity index (χ1v) is 2.84. The van der Waals surface area contributed by atoms with Crippen molar-refractivity contribution in [2.45, 2.75) is 0 Å². The maximum atomic E-state index is 10.0. The zero-order valence-electron chi connectivity index (χ0n) is 4.17. The molecule has 0 aliphatic carbocycles. The highest BCUT2D eigenvalue weighted by Crippen LogP contribution is 2.09. The smallest absolute Gasteiger partial charge is 0.392 e. The molecule has 1 aromatic heterocycles. The number of carbonyl (C=O) groups is 1. The second-order valence-corrected chi connectivity index (χ2v) is 2.06. The topological polar surface area (TPSA) is 63.3 Å². The van der Waals surface area contributed by atoms with E-state index >= 15 is 0 Å². The number of carboxylic acids is 1. The number of hydrogen-bond acceptors (Lipinski definition) is 3. The van der Waals surface area contributed by atoms with Crippen LogP contribution >= 0.6 is 15.9 Å². The van der Waals surface area contributed by atoms with Gasteiger partial charge in [-0.2, -0.15) is 0 Å². The van der Waals surface area contributed by atoms with E-state index in [-0.39, 0.29) is 5.89 Å². The summed E-state index contributed by atoms with van der Waals surface area (Å²) in [4.78, 5) is 13.4. The van der Waals surface area contributed by atoms with Crippen LogP contribution in [0, 0.1) is 0 Å². The van der Waals surface area contributed by atoms with Gasteiger partial charge in [0.05, 0.1) is 6.20 Å². The number of carboxylic acid groups (broad SMARTS) is 1. The van der Waals surface area contributed by atoms with Gasteiger partial charge in [-0.1, -0.05) is 0 Å². The van der Waals surface area contributed by atoms with Crippen LogP contribution in [0.4, 0.5) is 0 Å². The Morgan fingerprint density at radius 1 is 1.89 bits per heavy atom. The Bertz CT molecular complexity index is 231. The van der Waals surface area contributed by atoms with E-state index < -0.39 is 5.97 Å². The van der Waals surface area contributed by atoms with Crippen LogP contribution in [-0.2, 0) is 0 Å². The molecular formula is C4H2BrNO3. The van der Waals surface area contributed by atoms with E-state index in [2.05, 4.69) is 25.3 Å². The number of nitrogens with zero attached hydrogens (tertiary/aromatic N) is 1. The molecule has 1 heterocycles. The average molecular weight is 192 g/mol. The van der Waals surface area contributed by atoms with Gasteiger partial charge >= 0.3 is 11.9 Å². The van der Waals surface area contributed by atoms with Crippen molar-refractivity contribution in [1.82, 2.24) is 4.98 Å². The SMILES string of the molecule is O=C(O)c1ncc(Br)o1. The molecule has 4 nitrogen and oxygen atoms in total. The predicted octanol–water partition coefficient (Wildman–Crippen LogP) is 1.14. The van der Waals surface area contributed by atoms with Crippen molar-refractivity contribution in [3.05, 3.63) is 16.8 Å².